The second-order valence-corrected chi connectivity index (χ2v) is 7.03. The maximum Gasteiger partial charge on any atom is 0.243 e. The van der Waals surface area contributed by atoms with E-state index >= 15 is 0 Å². The predicted molar refractivity (Wildman–Crippen MR) is 92.0 cm³/mol. The first-order valence-corrected chi connectivity index (χ1v) is 9.25. The molecule has 0 aliphatic heterocycles. The van der Waals surface area contributed by atoms with E-state index in [2.05, 4.69) is 35.6 Å². The number of amides is 1. The first kappa shape index (κ1) is 15.4. The molecular weight excluding hydrogens is 294 g/mol. The highest BCUT2D eigenvalue weighted by Crippen LogP contribution is 2.29. The lowest BCUT2D eigenvalue weighted by atomic mass is 10.3. The molecule has 0 unspecified atom stereocenters. The van der Waals surface area contributed by atoms with Gasteiger partial charge in [-0.25, -0.2) is 4.98 Å². The Labute approximate surface area is 135 Å². The van der Waals surface area contributed by atoms with Crippen molar-refractivity contribution in [3.8, 4) is 0 Å². The maximum absolute atomic E-state index is 12.8. The third-order valence-corrected chi connectivity index (χ3v) is 4.63. The van der Waals surface area contributed by atoms with Gasteiger partial charge >= 0.3 is 0 Å². The number of rotatable bonds is 6. The summed E-state index contributed by atoms with van der Waals surface area (Å²) in [5, 5.41) is 0. The van der Waals surface area contributed by atoms with E-state index in [1.807, 2.05) is 18.2 Å². The highest BCUT2D eigenvalue weighted by atomic mass is 32.2. The number of thioether (sulfide) groups is 1. The van der Waals surface area contributed by atoms with E-state index in [0.29, 0.717) is 12.6 Å². The fourth-order valence-corrected chi connectivity index (χ4v) is 3.50. The van der Waals surface area contributed by atoms with Gasteiger partial charge in [-0.2, -0.15) is 11.8 Å². The second kappa shape index (κ2) is 6.32. The van der Waals surface area contributed by atoms with Crippen LogP contribution in [0.5, 0.6) is 0 Å². The van der Waals surface area contributed by atoms with Gasteiger partial charge in [0.2, 0.25) is 5.91 Å². The predicted octanol–water partition coefficient (Wildman–Crippen LogP) is 3.30. The summed E-state index contributed by atoms with van der Waals surface area (Å²) in [7, 11) is 0. The van der Waals surface area contributed by atoms with E-state index in [1.165, 1.54) is 0 Å². The van der Waals surface area contributed by atoms with E-state index in [1.54, 1.807) is 11.8 Å². The molecule has 1 aliphatic carbocycles. The highest BCUT2D eigenvalue weighted by molar-refractivity contribution is 7.97. The first-order chi connectivity index (χ1) is 10.6. The van der Waals surface area contributed by atoms with Crippen molar-refractivity contribution in [1.29, 1.82) is 0 Å². The number of aromatic nitrogens is 2. The summed E-state index contributed by atoms with van der Waals surface area (Å²) in [6.45, 7) is 4.60. The molecule has 0 atom stereocenters. The molecule has 1 saturated carbocycles. The minimum absolute atomic E-state index is 0.211. The Bertz CT molecular complexity index is 674. The third-order valence-electron chi connectivity index (χ3n) is 4.09. The van der Waals surface area contributed by atoms with E-state index < -0.39 is 0 Å². The lowest BCUT2D eigenvalue weighted by molar-refractivity contribution is -0.134. The quantitative estimate of drug-likeness (QED) is 0.820. The zero-order valence-corrected chi connectivity index (χ0v) is 14.3. The molecule has 5 heteroatoms. The van der Waals surface area contributed by atoms with Crippen LogP contribution in [0.4, 0.5) is 0 Å². The lowest BCUT2D eigenvalue weighted by Crippen LogP contribution is -2.40. The Hall–Kier alpha value is -1.49. The molecule has 118 valence electrons. The zero-order valence-electron chi connectivity index (χ0n) is 13.5. The second-order valence-electron chi connectivity index (χ2n) is 6.16. The van der Waals surface area contributed by atoms with Crippen LogP contribution in [0.15, 0.2) is 24.3 Å². The third kappa shape index (κ3) is 3.00. The van der Waals surface area contributed by atoms with Crippen LogP contribution in [-0.4, -0.2) is 38.7 Å². The van der Waals surface area contributed by atoms with Gasteiger partial charge in [0.1, 0.15) is 12.4 Å². The smallest absolute Gasteiger partial charge is 0.243 e. The Morgan fingerprint density at radius 2 is 2.14 bits per heavy atom. The van der Waals surface area contributed by atoms with Gasteiger partial charge in [-0.15, -0.1) is 0 Å². The van der Waals surface area contributed by atoms with Crippen molar-refractivity contribution < 1.29 is 4.79 Å². The van der Waals surface area contributed by atoms with Crippen LogP contribution in [-0.2, 0) is 17.1 Å². The van der Waals surface area contributed by atoms with Crippen molar-refractivity contribution in [3.63, 3.8) is 0 Å². The number of hydrogen-bond acceptors (Lipinski definition) is 3. The van der Waals surface area contributed by atoms with Gasteiger partial charge in [-0.3, -0.25) is 4.79 Å². The molecule has 2 aromatic rings. The number of imidazole rings is 1. The molecule has 1 amide bonds. The van der Waals surface area contributed by atoms with Crippen LogP contribution >= 0.6 is 11.8 Å². The van der Waals surface area contributed by atoms with Gasteiger partial charge in [0.25, 0.3) is 0 Å². The van der Waals surface area contributed by atoms with E-state index in [-0.39, 0.29) is 11.9 Å². The van der Waals surface area contributed by atoms with Gasteiger partial charge in [-0.1, -0.05) is 12.1 Å². The summed E-state index contributed by atoms with van der Waals surface area (Å²) in [4.78, 5) is 19.5. The van der Waals surface area contributed by atoms with Crippen molar-refractivity contribution in [2.75, 3.05) is 6.26 Å². The molecular formula is C17H23N3OS. The summed E-state index contributed by atoms with van der Waals surface area (Å²) < 4.78 is 2.09. The van der Waals surface area contributed by atoms with E-state index in [4.69, 9.17) is 4.98 Å². The lowest BCUT2D eigenvalue weighted by Gasteiger charge is -2.27. The van der Waals surface area contributed by atoms with Crippen LogP contribution in [0, 0.1) is 0 Å². The van der Waals surface area contributed by atoms with Crippen molar-refractivity contribution in [2.24, 2.45) is 0 Å². The topological polar surface area (TPSA) is 38.1 Å². The zero-order chi connectivity index (χ0) is 15.7. The molecule has 1 aromatic heterocycles. The minimum Gasteiger partial charge on any atom is -0.336 e. The molecule has 1 heterocycles. The van der Waals surface area contributed by atoms with Gasteiger partial charge < -0.3 is 9.47 Å². The molecule has 1 fully saturated rings. The van der Waals surface area contributed by atoms with Crippen molar-refractivity contribution in [1.82, 2.24) is 14.5 Å². The number of nitrogens with zero attached hydrogens (tertiary/aromatic N) is 3. The average Bonchev–Trinajstić information content (AvgIpc) is 3.24. The van der Waals surface area contributed by atoms with Gasteiger partial charge in [0.15, 0.2) is 0 Å². The monoisotopic (exact) mass is 317 g/mol. The van der Waals surface area contributed by atoms with Crippen LogP contribution < -0.4 is 0 Å². The molecule has 0 saturated heterocycles. The van der Waals surface area contributed by atoms with Crippen molar-refractivity contribution >= 4 is 28.7 Å². The Morgan fingerprint density at radius 1 is 1.41 bits per heavy atom. The van der Waals surface area contributed by atoms with Crippen LogP contribution in [0.2, 0.25) is 0 Å². The first-order valence-electron chi connectivity index (χ1n) is 7.86. The molecule has 4 nitrogen and oxygen atoms in total. The van der Waals surface area contributed by atoms with E-state index in [9.17, 15) is 4.79 Å². The maximum atomic E-state index is 12.8. The molecule has 0 N–H and O–H groups in total. The normalized spacial score (nSPS) is 14.7. The average molecular weight is 317 g/mol. The largest absolute Gasteiger partial charge is 0.336 e. The van der Waals surface area contributed by atoms with Gasteiger partial charge in [0, 0.05) is 12.1 Å². The number of hydrogen-bond donors (Lipinski definition) is 0. The van der Waals surface area contributed by atoms with Crippen molar-refractivity contribution in [3.05, 3.63) is 30.1 Å². The van der Waals surface area contributed by atoms with Crippen LogP contribution in [0.1, 0.15) is 32.5 Å². The Morgan fingerprint density at radius 3 is 2.77 bits per heavy atom. The van der Waals surface area contributed by atoms with Gasteiger partial charge in [0.05, 0.1) is 16.8 Å². The van der Waals surface area contributed by atoms with Gasteiger partial charge in [-0.05, 0) is 45.1 Å². The fraction of sp³-hybridized carbons (Fsp3) is 0.529. The van der Waals surface area contributed by atoms with Crippen LogP contribution in [0.25, 0.3) is 11.0 Å². The SMILES string of the molecule is CSCc1nc2ccccc2n1CC(=O)N(C(C)C)C1CC1. The number of benzene rings is 1. The van der Waals surface area contributed by atoms with E-state index in [0.717, 1.165) is 35.5 Å². The van der Waals surface area contributed by atoms with Crippen molar-refractivity contribution in [2.45, 2.75) is 51.1 Å². The summed E-state index contributed by atoms with van der Waals surface area (Å²) in [6.07, 6.45) is 4.36. The molecule has 1 aromatic carbocycles. The standard InChI is InChI=1S/C17H23N3OS/c1-12(2)20(13-8-9-13)17(21)10-19-15-7-5-4-6-14(15)18-16(19)11-22-3/h4-7,12-13H,8-11H2,1-3H3. The summed E-state index contributed by atoms with van der Waals surface area (Å²) >= 11 is 1.74. The molecule has 0 spiro atoms. The summed E-state index contributed by atoms with van der Waals surface area (Å²) in [5.41, 5.74) is 2.03. The highest BCUT2D eigenvalue weighted by Gasteiger charge is 2.34. The Balaban J connectivity index is 1.91. The molecule has 22 heavy (non-hydrogen) atoms. The molecule has 3 rings (SSSR count). The number of fused-ring (bicyclic) bond motifs is 1. The van der Waals surface area contributed by atoms with Crippen LogP contribution in [0.3, 0.4) is 0 Å². The number of carbonyl (C=O) groups excluding carboxylic acids is 1. The summed E-state index contributed by atoms with van der Waals surface area (Å²) in [6, 6.07) is 8.78. The Kier molecular flexibility index (Phi) is 4.43. The number of carbonyl (C=O) groups is 1. The number of para-hydroxylation sites is 2. The summed E-state index contributed by atoms with van der Waals surface area (Å²) in [5.74, 6) is 2.03. The minimum atomic E-state index is 0.211. The molecule has 0 radical (unpaired) electrons. The molecule has 0 bridgehead atoms. The fourth-order valence-electron chi connectivity index (χ4n) is 3.02. The molecule has 1 aliphatic rings.